The van der Waals surface area contributed by atoms with Crippen molar-refractivity contribution in [1.29, 1.82) is 0 Å². The van der Waals surface area contributed by atoms with Crippen molar-refractivity contribution >= 4 is 0 Å². The molecule has 0 bridgehead atoms. The zero-order chi connectivity index (χ0) is 11.7. The van der Waals surface area contributed by atoms with Crippen molar-refractivity contribution in [2.45, 2.75) is 57.7 Å². The van der Waals surface area contributed by atoms with Crippen molar-refractivity contribution in [2.24, 2.45) is 0 Å². The summed E-state index contributed by atoms with van der Waals surface area (Å²) in [5.41, 5.74) is -0.401. The topological polar surface area (TPSA) is 35.5 Å². The molecule has 0 aromatic carbocycles. The summed E-state index contributed by atoms with van der Waals surface area (Å²) in [7, 11) is 0. The van der Waals surface area contributed by atoms with E-state index in [-0.39, 0.29) is 11.1 Å². The van der Waals surface area contributed by atoms with Gasteiger partial charge in [0.2, 0.25) is 0 Å². The van der Waals surface area contributed by atoms with Crippen LogP contribution in [0.3, 0.4) is 0 Å². The van der Waals surface area contributed by atoms with Crippen LogP contribution in [-0.2, 0) is 0 Å². The van der Waals surface area contributed by atoms with E-state index in [1.165, 1.54) is 5.06 Å². The lowest BCUT2D eigenvalue weighted by Gasteiger charge is -2.51. The standard InChI is InChI=1S/C12H22N2O/c1-6-7-13-10-8-11(2,3)14(15)12(4,5)9-10/h1,10,13,15H,7-9H2,2-5H3. The molecule has 1 aliphatic rings. The monoisotopic (exact) mass is 210 g/mol. The molecule has 3 nitrogen and oxygen atoms in total. The minimum Gasteiger partial charge on any atom is -0.313 e. The highest BCUT2D eigenvalue weighted by Crippen LogP contribution is 2.36. The third-order valence-electron chi connectivity index (χ3n) is 3.13. The van der Waals surface area contributed by atoms with Crippen LogP contribution in [0, 0.1) is 12.3 Å². The van der Waals surface area contributed by atoms with E-state index in [9.17, 15) is 5.21 Å². The Balaban J connectivity index is 2.71. The number of hydrogen-bond acceptors (Lipinski definition) is 3. The number of hydroxylamine groups is 2. The van der Waals surface area contributed by atoms with Crippen LogP contribution in [0.5, 0.6) is 0 Å². The highest BCUT2D eigenvalue weighted by molar-refractivity contribution is 5.00. The molecule has 0 unspecified atom stereocenters. The van der Waals surface area contributed by atoms with Gasteiger partial charge in [0.25, 0.3) is 0 Å². The van der Waals surface area contributed by atoms with E-state index in [1.807, 2.05) is 0 Å². The molecule has 15 heavy (non-hydrogen) atoms. The molecule has 1 saturated heterocycles. The minimum absolute atomic E-state index is 0.200. The van der Waals surface area contributed by atoms with Gasteiger partial charge in [0.05, 0.1) is 6.54 Å². The number of piperidine rings is 1. The highest BCUT2D eigenvalue weighted by atomic mass is 16.5. The largest absolute Gasteiger partial charge is 0.313 e. The molecule has 0 amide bonds. The quantitative estimate of drug-likeness (QED) is 0.680. The summed E-state index contributed by atoms with van der Waals surface area (Å²) in [6.07, 6.45) is 7.06. The van der Waals surface area contributed by atoms with Crippen LogP contribution in [0.25, 0.3) is 0 Å². The number of nitrogens with zero attached hydrogens (tertiary/aromatic N) is 1. The van der Waals surface area contributed by atoms with E-state index in [4.69, 9.17) is 6.42 Å². The zero-order valence-electron chi connectivity index (χ0n) is 10.2. The molecule has 86 valence electrons. The van der Waals surface area contributed by atoms with Gasteiger partial charge in [-0.15, -0.1) is 6.42 Å². The fourth-order valence-electron chi connectivity index (χ4n) is 2.62. The summed E-state index contributed by atoms with van der Waals surface area (Å²) < 4.78 is 0. The van der Waals surface area contributed by atoms with Crippen LogP contribution in [-0.4, -0.2) is 33.9 Å². The minimum atomic E-state index is -0.200. The van der Waals surface area contributed by atoms with Crippen LogP contribution in [0.4, 0.5) is 0 Å². The molecule has 1 heterocycles. The molecule has 1 fully saturated rings. The van der Waals surface area contributed by atoms with Crippen molar-refractivity contribution in [3.63, 3.8) is 0 Å². The average molecular weight is 210 g/mol. The molecule has 0 spiro atoms. The van der Waals surface area contributed by atoms with Gasteiger partial charge >= 0.3 is 0 Å². The second-order valence-electron chi connectivity index (χ2n) is 5.63. The summed E-state index contributed by atoms with van der Waals surface area (Å²) in [6, 6.07) is 0.384. The van der Waals surface area contributed by atoms with Crippen molar-refractivity contribution in [2.75, 3.05) is 6.54 Å². The van der Waals surface area contributed by atoms with E-state index >= 15 is 0 Å². The van der Waals surface area contributed by atoms with E-state index in [0.29, 0.717) is 12.6 Å². The molecular formula is C12H22N2O. The predicted molar refractivity (Wildman–Crippen MR) is 61.6 cm³/mol. The Hall–Kier alpha value is -0.560. The molecule has 3 heteroatoms. The molecular weight excluding hydrogens is 188 g/mol. The predicted octanol–water partition coefficient (Wildman–Crippen LogP) is 1.62. The van der Waals surface area contributed by atoms with Crippen LogP contribution in [0.15, 0.2) is 0 Å². The fourth-order valence-corrected chi connectivity index (χ4v) is 2.62. The summed E-state index contributed by atoms with van der Waals surface area (Å²) in [6.45, 7) is 8.82. The third kappa shape index (κ3) is 2.72. The van der Waals surface area contributed by atoms with E-state index in [1.54, 1.807) is 0 Å². The maximum absolute atomic E-state index is 10.1. The van der Waals surface area contributed by atoms with E-state index in [2.05, 4.69) is 38.9 Å². The van der Waals surface area contributed by atoms with Crippen molar-refractivity contribution in [3.05, 3.63) is 0 Å². The van der Waals surface area contributed by atoms with Crippen molar-refractivity contribution < 1.29 is 5.21 Å². The maximum Gasteiger partial charge on any atom is 0.0575 e. The fraction of sp³-hybridized carbons (Fsp3) is 0.833. The van der Waals surface area contributed by atoms with Gasteiger partial charge in [-0.2, -0.15) is 5.06 Å². The molecule has 0 aliphatic carbocycles. The van der Waals surface area contributed by atoms with E-state index in [0.717, 1.165) is 12.8 Å². The zero-order valence-corrected chi connectivity index (χ0v) is 10.2. The molecule has 0 radical (unpaired) electrons. The third-order valence-corrected chi connectivity index (χ3v) is 3.13. The number of nitrogens with one attached hydrogen (secondary N) is 1. The van der Waals surface area contributed by atoms with Gasteiger partial charge in [-0.25, -0.2) is 0 Å². The molecule has 1 rings (SSSR count). The second-order valence-corrected chi connectivity index (χ2v) is 5.63. The first-order valence-electron chi connectivity index (χ1n) is 5.46. The molecule has 0 saturated carbocycles. The average Bonchev–Trinajstić information content (AvgIpc) is 2.10. The first kappa shape index (κ1) is 12.5. The Labute approximate surface area is 92.8 Å². The summed E-state index contributed by atoms with van der Waals surface area (Å²) in [5, 5.41) is 14.9. The van der Waals surface area contributed by atoms with Crippen molar-refractivity contribution in [1.82, 2.24) is 10.4 Å². The van der Waals surface area contributed by atoms with Crippen LogP contribution in [0.2, 0.25) is 0 Å². The second kappa shape index (κ2) is 4.13. The van der Waals surface area contributed by atoms with Gasteiger partial charge in [0.1, 0.15) is 0 Å². The number of rotatable bonds is 2. The Kier molecular flexibility index (Phi) is 3.44. The van der Waals surface area contributed by atoms with Gasteiger partial charge < -0.3 is 10.5 Å². The lowest BCUT2D eigenvalue weighted by Crippen LogP contribution is -2.62. The number of hydrogen-bond donors (Lipinski definition) is 2. The lowest BCUT2D eigenvalue weighted by atomic mass is 9.79. The Morgan fingerprint density at radius 2 is 1.80 bits per heavy atom. The smallest absolute Gasteiger partial charge is 0.0575 e. The van der Waals surface area contributed by atoms with Crippen LogP contribution < -0.4 is 5.32 Å². The van der Waals surface area contributed by atoms with E-state index < -0.39 is 0 Å². The Morgan fingerprint density at radius 1 is 1.33 bits per heavy atom. The van der Waals surface area contributed by atoms with Crippen LogP contribution >= 0.6 is 0 Å². The van der Waals surface area contributed by atoms with Gasteiger partial charge in [-0.05, 0) is 40.5 Å². The summed E-state index contributed by atoms with van der Waals surface area (Å²) in [4.78, 5) is 0. The first-order valence-corrected chi connectivity index (χ1v) is 5.46. The Morgan fingerprint density at radius 3 is 2.20 bits per heavy atom. The SMILES string of the molecule is C#CCNC1CC(C)(C)N(O)C(C)(C)C1. The van der Waals surface area contributed by atoms with Gasteiger partial charge in [-0.3, -0.25) is 0 Å². The molecule has 0 aromatic heterocycles. The normalized spacial score (nSPS) is 26.1. The summed E-state index contributed by atoms with van der Waals surface area (Å²) in [5.74, 6) is 2.59. The molecule has 0 aromatic rings. The van der Waals surface area contributed by atoms with Gasteiger partial charge in [0.15, 0.2) is 0 Å². The first-order chi connectivity index (χ1) is 6.79. The number of terminal acetylenes is 1. The highest BCUT2D eigenvalue weighted by Gasteiger charge is 2.44. The summed E-state index contributed by atoms with van der Waals surface area (Å²) >= 11 is 0. The Bertz CT molecular complexity index is 247. The maximum atomic E-state index is 10.1. The molecule has 1 aliphatic heterocycles. The molecule has 2 N–H and O–H groups in total. The lowest BCUT2D eigenvalue weighted by molar-refractivity contribution is -0.246. The molecule has 0 atom stereocenters. The van der Waals surface area contributed by atoms with Gasteiger partial charge in [0, 0.05) is 17.1 Å². The van der Waals surface area contributed by atoms with Crippen LogP contribution in [0.1, 0.15) is 40.5 Å². The van der Waals surface area contributed by atoms with Gasteiger partial charge in [-0.1, -0.05) is 5.92 Å². The van der Waals surface area contributed by atoms with Crippen molar-refractivity contribution in [3.8, 4) is 12.3 Å².